The highest BCUT2D eigenvalue weighted by Crippen LogP contribution is 2.30. The van der Waals surface area contributed by atoms with Crippen LogP contribution >= 0.6 is 0 Å². The molecule has 1 N–H and O–H groups in total. The van der Waals surface area contributed by atoms with Crippen LogP contribution in [-0.4, -0.2) is 30.5 Å². The zero-order valence-electron chi connectivity index (χ0n) is 9.56. The maximum atomic E-state index is 13.5. The lowest BCUT2D eigenvalue weighted by Gasteiger charge is -2.21. The Morgan fingerprint density at radius 2 is 2.17 bits per heavy atom. The smallest absolute Gasteiger partial charge is 0.327 e. The Hall–Kier alpha value is -2.18. The first kappa shape index (κ1) is 12.3. The van der Waals surface area contributed by atoms with Gasteiger partial charge < -0.3 is 10.2 Å². The number of hydrogen-bond donors (Lipinski definition) is 1. The van der Waals surface area contributed by atoms with Gasteiger partial charge in [-0.15, -0.1) is 0 Å². The van der Waals surface area contributed by atoms with Gasteiger partial charge in [-0.1, -0.05) is 6.07 Å². The van der Waals surface area contributed by atoms with E-state index in [1.807, 2.05) is 0 Å². The topological polar surface area (TPSA) is 75.5 Å². The van der Waals surface area contributed by atoms with Gasteiger partial charge in [0.15, 0.2) is 0 Å². The minimum atomic E-state index is -0.860. The Bertz CT molecular complexity index is 492. The molecule has 1 saturated heterocycles. The normalized spacial score (nSPS) is 16.1. The van der Waals surface area contributed by atoms with Gasteiger partial charge in [-0.3, -0.25) is 14.9 Å². The predicted molar refractivity (Wildman–Crippen MR) is 62.9 cm³/mol. The molecule has 0 spiro atoms. The van der Waals surface area contributed by atoms with Crippen LogP contribution in [-0.2, 0) is 4.79 Å². The monoisotopic (exact) mass is 253 g/mol. The van der Waals surface area contributed by atoms with Gasteiger partial charge in [-0.25, -0.2) is 0 Å². The van der Waals surface area contributed by atoms with E-state index >= 15 is 0 Å². The maximum Gasteiger partial charge on any atom is 0.327 e. The lowest BCUT2D eigenvalue weighted by atomic mass is 10.2. The first-order chi connectivity index (χ1) is 8.59. The second kappa shape index (κ2) is 4.99. The number of hydrogen-bond acceptors (Lipinski definition) is 4. The van der Waals surface area contributed by atoms with E-state index in [1.54, 1.807) is 4.90 Å². The Balaban J connectivity index is 2.35. The van der Waals surface area contributed by atoms with Gasteiger partial charge in [0.25, 0.3) is 0 Å². The highest BCUT2D eigenvalue weighted by atomic mass is 19.1. The maximum absolute atomic E-state index is 13.5. The van der Waals surface area contributed by atoms with Gasteiger partial charge in [-0.2, -0.15) is 4.39 Å². The van der Waals surface area contributed by atoms with Crippen LogP contribution in [0.5, 0.6) is 0 Å². The van der Waals surface area contributed by atoms with Crippen molar-refractivity contribution in [3.8, 4) is 0 Å². The number of para-hydroxylation sites is 1. The first-order valence-corrected chi connectivity index (χ1v) is 5.54. The molecule has 1 aromatic rings. The van der Waals surface area contributed by atoms with Crippen LogP contribution in [0.25, 0.3) is 0 Å². The van der Waals surface area contributed by atoms with Crippen LogP contribution in [0, 0.1) is 15.9 Å². The van der Waals surface area contributed by atoms with Crippen molar-refractivity contribution < 1.29 is 14.1 Å². The van der Waals surface area contributed by atoms with Crippen LogP contribution < -0.4 is 10.2 Å². The van der Waals surface area contributed by atoms with Gasteiger partial charge >= 0.3 is 5.69 Å². The van der Waals surface area contributed by atoms with Crippen molar-refractivity contribution in [2.75, 3.05) is 24.5 Å². The third-order valence-corrected chi connectivity index (χ3v) is 2.80. The Kier molecular flexibility index (Phi) is 3.40. The number of carbonyl (C=O) groups excluding carboxylic acids is 1. The molecular weight excluding hydrogens is 241 g/mol. The summed E-state index contributed by atoms with van der Waals surface area (Å²) in [5.41, 5.74) is -0.316. The molecule has 0 bridgehead atoms. The molecule has 1 aromatic carbocycles. The van der Waals surface area contributed by atoms with E-state index in [2.05, 4.69) is 5.32 Å². The molecule has 0 unspecified atom stereocenters. The quantitative estimate of drug-likeness (QED) is 0.631. The lowest BCUT2D eigenvalue weighted by molar-refractivity contribution is -0.386. The molecule has 1 amide bonds. The van der Waals surface area contributed by atoms with Crippen molar-refractivity contribution >= 4 is 17.3 Å². The minimum Gasteiger partial charge on any atom is -0.364 e. The molecule has 1 aliphatic rings. The molecule has 1 fully saturated rings. The van der Waals surface area contributed by atoms with Gasteiger partial charge in [0.1, 0.15) is 5.69 Å². The van der Waals surface area contributed by atoms with Crippen LogP contribution in [0.1, 0.15) is 6.42 Å². The molecule has 0 radical (unpaired) electrons. The number of nitrogens with zero attached hydrogens (tertiary/aromatic N) is 2. The molecule has 18 heavy (non-hydrogen) atoms. The highest BCUT2D eigenvalue weighted by molar-refractivity contribution is 5.77. The van der Waals surface area contributed by atoms with Crippen LogP contribution in [0.4, 0.5) is 15.8 Å². The molecule has 2 rings (SSSR count). The van der Waals surface area contributed by atoms with Crippen molar-refractivity contribution in [3.05, 3.63) is 34.1 Å². The van der Waals surface area contributed by atoms with Crippen molar-refractivity contribution in [1.82, 2.24) is 5.32 Å². The number of nitro benzene ring substituents is 1. The minimum absolute atomic E-state index is 0.100. The number of halogens is 1. The number of nitro groups is 1. The average molecular weight is 253 g/mol. The highest BCUT2D eigenvalue weighted by Gasteiger charge is 2.25. The fourth-order valence-corrected chi connectivity index (χ4v) is 1.95. The zero-order chi connectivity index (χ0) is 13.1. The van der Waals surface area contributed by atoms with Crippen LogP contribution in [0.15, 0.2) is 18.2 Å². The molecule has 0 saturated carbocycles. The van der Waals surface area contributed by atoms with E-state index in [0.717, 1.165) is 6.07 Å². The third kappa shape index (κ3) is 2.39. The molecule has 0 aliphatic carbocycles. The zero-order valence-corrected chi connectivity index (χ0v) is 9.56. The standard InChI is InChI=1S/C11H12FN3O3/c12-8-2-1-3-9(11(8)15(17)18)14-6-4-10(16)13-5-7-14/h1-3H,4-7H2,(H,13,16). The number of rotatable bonds is 2. The van der Waals surface area contributed by atoms with E-state index in [0.29, 0.717) is 19.6 Å². The molecule has 6 nitrogen and oxygen atoms in total. The van der Waals surface area contributed by atoms with Crippen LogP contribution in [0.2, 0.25) is 0 Å². The van der Waals surface area contributed by atoms with E-state index in [9.17, 15) is 19.3 Å². The molecular formula is C11H12FN3O3. The molecule has 96 valence electrons. The number of anilines is 1. The van der Waals surface area contributed by atoms with Crippen molar-refractivity contribution in [2.24, 2.45) is 0 Å². The third-order valence-electron chi connectivity index (χ3n) is 2.80. The summed E-state index contributed by atoms with van der Waals surface area (Å²) in [6, 6.07) is 3.98. The Morgan fingerprint density at radius 3 is 2.89 bits per heavy atom. The van der Waals surface area contributed by atoms with E-state index in [-0.39, 0.29) is 18.0 Å². The second-order valence-corrected chi connectivity index (χ2v) is 3.95. The first-order valence-electron chi connectivity index (χ1n) is 5.54. The number of nitrogens with one attached hydrogen (secondary N) is 1. The summed E-state index contributed by atoms with van der Waals surface area (Å²) in [4.78, 5) is 23.0. The summed E-state index contributed by atoms with van der Waals surface area (Å²) in [6.07, 6.45) is 0.244. The largest absolute Gasteiger partial charge is 0.364 e. The van der Waals surface area contributed by atoms with Gasteiger partial charge in [0.2, 0.25) is 11.7 Å². The summed E-state index contributed by atoms with van der Waals surface area (Å²) in [6.45, 7) is 1.17. The predicted octanol–water partition coefficient (Wildman–Crippen LogP) is 1.06. The summed E-state index contributed by atoms with van der Waals surface area (Å²) in [7, 11) is 0. The fraction of sp³-hybridized carbons (Fsp3) is 0.364. The van der Waals surface area contributed by atoms with Gasteiger partial charge in [-0.05, 0) is 12.1 Å². The molecule has 0 atom stereocenters. The Labute approximate surface area is 103 Å². The number of carbonyl (C=O) groups is 1. The molecule has 1 aliphatic heterocycles. The van der Waals surface area contributed by atoms with Crippen molar-refractivity contribution in [1.29, 1.82) is 0 Å². The summed E-state index contributed by atoms with van der Waals surface area (Å²) >= 11 is 0. The lowest BCUT2D eigenvalue weighted by Crippen LogP contribution is -2.29. The molecule has 0 aromatic heterocycles. The Morgan fingerprint density at radius 1 is 1.39 bits per heavy atom. The molecule has 7 heteroatoms. The van der Waals surface area contributed by atoms with E-state index in [1.165, 1.54) is 12.1 Å². The number of benzene rings is 1. The fourth-order valence-electron chi connectivity index (χ4n) is 1.95. The van der Waals surface area contributed by atoms with Crippen molar-refractivity contribution in [3.63, 3.8) is 0 Å². The summed E-state index contributed by atoms with van der Waals surface area (Å²) < 4.78 is 13.5. The second-order valence-electron chi connectivity index (χ2n) is 3.95. The van der Waals surface area contributed by atoms with Crippen molar-refractivity contribution in [2.45, 2.75) is 6.42 Å². The SMILES string of the molecule is O=C1CCN(c2cccc(F)c2[N+](=O)[O-])CCN1. The molecule has 1 heterocycles. The summed E-state index contributed by atoms with van der Waals surface area (Å²) in [5.74, 6) is -0.961. The van der Waals surface area contributed by atoms with Crippen LogP contribution in [0.3, 0.4) is 0 Å². The average Bonchev–Trinajstić information content (AvgIpc) is 2.53. The summed E-state index contributed by atoms with van der Waals surface area (Å²) in [5, 5.41) is 13.6. The van der Waals surface area contributed by atoms with Gasteiger partial charge in [0.05, 0.1) is 4.92 Å². The van der Waals surface area contributed by atoms with E-state index < -0.39 is 16.4 Å². The number of amides is 1. The van der Waals surface area contributed by atoms with Gasteiger partial charge in [0, 0.05) is 26.1 Å². The van der Waals surface area contributed by atoms with E-state index in [4.69, 9.17) is 0 Å².